The number of carbonyl (C=O) groups excluding carboxylic acids is 1. The smallest absolute Gasteiger partial charge is 0.231 e. The van der Waals surface area contributed by atoms with E-state index in [1.165, 1.54) is 0 Å². The summed E-state index contributed by atoms with van der Waals surface area (Å²) in [5.74, 6) is -0.439. The Morgan fingerprint density at radius 1 is 1.56 bits per heavy atom. The fourth-order valence-electron chi connectivity index (χ4n) is 2.51. The van der Waals surface area contributed by atoms with Gasteiger partial charge in [-0.1, -0.05) is 23.2 Å². The summed E-state index contributed by atoms with van der Waals surface area (Å²) in [7, 11) is 1.74. The van der Waals surface area contributed by atoms with Gasteiger partial charge < -0.3 is 10.8 Å². The number of fused-ring (bicyclic) bond motifs is 1. The first-order chi connectivity index (χ1) is 8.40. The highest BCUT2D eigenvalue weighted by Crippen LogP contribution is 2.40. The fraction of sp³-hybridized carbons (Fsp3) is 0.417. The Labute approximate surface area is 115 Å². The molecule has 0 heterocycles. The van der Waals surface area contributed by atoms with Crippen molar-refractivity contribution in [2.75, 3.05) is 13.6 Å². The predicted octanol–water partition coefficient (Wildman–Crippen LogP) is 1.37. The number of likely N-dealkylation sites (N-methyl/N-ethyl adjacent to an activating group) is 1. The Morgan fingerprint density at radius 2 is 2.22 bits per heavy atom. The number of nitrogens with zero attached hydrogens (tertiary/aromatic N) is 1. The lowest BCUT2D eigenvalue weighted by Crippen LogP contribution is -2.37. The van der Waals surface area contributed by atoms with Crippen molar-refractivity contribution in [2.24, 2.45) is 5.73 Å². The molecule has 98 valence electrons. The van der Waals surface area contributed by atoms with Crippen LogP contribution in [0.1, 0.15) is 17.2 Å². The summed E-state index contributed by atoms with van der Waals surface area (Å²) in [4.78, 5) is 12.7. The van der Waals surface area contributed by atoms with Crippen LogP contribution >= 0.6 is 23.2 Å². The molecule has 3 N–H and O–H groups in total. The molecular formula is C12H14Cl2N2O2. The van der Waals surface area contributed by atoms with Gasteiger partial charge in [-0.3, -0.25) is 9.69 Å². The Bertz CT molecular complexity index is 493. The molecule has 0 saturated carbocycles. The van der Waals surface area contributed by atoms with Gasteiger partial charge >= 0.3 is 0 Å². The number of primary amides is 1. The van der Waals surface area contributed by atoms with Gasteiger partial charge in [0.1, 0.15) is 0 Å². The number of aliphatic hydroxyl groups excluding tert-OH is 1. The quantitative estimate of drug-likeness (QED) is 0.883. The Balaban J connectivity index is 2.38. The van der Waals surface area contributed by atoms with E-state index in [1.54, 1.807) is 24.1 Å². The molecule has 0 spiro atoms. The molecular weight excluding hydrogens is 275 g/mol. The molecule has 1 aromatic carbocycles. The van der Waals surface area contributed by atoms with Crippen molar-refractivity contribution < 1.29 is 9.90 Å². The molecule has 1 aliphatic carbocycles. The number of aliphatic hydroxyl groups is 1. The average Bonchev–Trinajstić information content (AvgIpc) is 2.53. The molecule has 18 heavy (non-hydrogen) atoms. The van der Waals surface area contributed by atoms with Crippen molar-refractivity contribution >= 4 is 29.1 Å². The van der Waals surface area contributed by atoms with E-state index in [4.69, 9.17) is 28.9 Å². The highest BCUT2D eigenvalue weighted by Gasteiger charge is 2.35. The van der Waals surface area contributed by atoms with E-state index in [0.29, 0.717) is 16.5 Å². The lowest BCUT2D eigenvalue weighted by Gasteiger charge is -2.26. The number of benzene rings is 1. The van der Waals surface area contributed by atoms with E-state index in [-0.39, 0.29) is 12.6 Å². The van der Waals surface area contributed by atoms with Gasteiger partial charge in [-0.2, -0.15) is 0 Å². The number of halogens is 2. The van der Waals surface area contributed by atoms with E-state index in [0.717, 1.165) is 11.1 Å². The summed E-state index contributed by atoms with van der Waals surface area (Å²) in [5.41, 5.74) is 6.92. The lowest BCUT2D eigenvalue weighted by molar-refractivity contribution is -0.119. The van der Waals surface area contributed by atoms with E-state index in [9.17, 15) is 9.90 Å². The highest BCUT2D eigenvalue weighted by molar-refractivity contribution is 6.35. The third-order valence-corrected chi connectivity index (χ3v) is 3.73. The minimum atomic E-state index is -0.611. The zero-order valence-electron chi connectivity index (χ0n) is 9.86. The van der Waals surface area contributed by atoms with E-state index in [2.05, 4.69) is 0 Å². The maximum atomic E-state index is 11.0. The summed E-state index contributed by atoms with van der Waals surface area (Å²) in [5, 5.41) is 11.2. The van der Waals surface area contributed by atoms with Gasteiger partial charge in [-0.15, -0.1) is 0 Å². The molecule has 2 atom stereocenters. The molecule has 0 aromatic heterocycles. The molecule has 4 nitrogen and oxygen atoms in total. The first kappa shape index (κ1) is 13.6. The van der Waals surface area contributed by atoms with Crippen LogP contribution < -0.4 is 5.73 Å². The van der Waals surface area contributed by atoms with Gasteiger partial charge in [0.25, 0.3) is 0 Å². The molecule has 0 saturated heterocycles. The molecule has 0 bridgehead atoms. The van der Waals surface area contributed by atoms with Crippen LogP contribution in [-0.2, 0) is 11.2 Å². The maximum absolute atomic E-state index is 11.0. The van der Waals surface area contributed by atoms with Crippen LogP contribution in [0.15, 0.2) is 12.1 Å². The molecule has 1 aliphatic rings. The molecule has 0 radical (unpaired) electrons. The van der Waals surface area contributed by atoms with Gasteiger partial charge in [-0.05, 0) is 30.3 Å². The van der Waals surface area contributed by atoms with E-state index in [1.807, 2.05) is 0 Å². The van der Waals surface area contributed by atoms with Crippen LogP contribution in [0.4, 0.5) is 0 Å². The second-order valence-corrected chi connectivity index (χ2v) is 5.40. The van der Waals surface area contributed by atoms with Crippen molar-refractivity contribution in [3.63, 3.8) is 0 Å². The molecule has 1 aromatic rings. The molecule has 6 heteroatoms. The summed E-state index contributed by atoms with van der Waals surface area (Å²) in [6, 6.07) is 3.13. The van der Waals surface area contributed by atoms with Crippen LogP contribution in [0.2, 0.25) is 10.0 Å². The zero-order chi connectivity index (χ0) is 13.4. The second-order valence-electron chi connectivity index (χ2n) is 4.55. The number of hydrogen-bond acceptors (Lipinski definition) is 3. The summed E-state index contributed by atoms with van der Waals surface area (Å²) in [6.45, 7) is 0.0747. The average molecular weight is 289 g/mol. The molecule has 2 rings (SSSR count). The van der Waals surface area contributed by atoms with Crippen LogP contribution in [0.25, 0.3) is 0 Å². The minimum absolute atomic E-state index is 0.0747. The SMILES string of the molecule is CN(CC(N)=O)[C@H]1c2cc(Cl)cc(Cl)c2C[C@@H]1O. The van der Waals surface area contributed by atoms with Crippen molar-refractivity contribution in [2.45, 2.75) is 18.6 Å². The third-order valence-electron chi connectivity index (χ3n) is 3.17. The van der Waals surface area contributed by atoms with Crippen molar-refractivity contribution in [3.8, 4) is 0 Å². The number of hydrogen-bond donors (Lipinski definition) is 2. The molecule has 1 amide bonds. The van der Waals surface area contributed by atoms with Crippen LogP contribution in [-0.4, -0.2) is 35.6 Å². The topological polar surface area (TPSA) is 66.6 Å². The number of amides is 1. The maximum Gasteiger partial charge on any atom is 0.231 e. The summed E-state index contributed by atoms with van der Waals surface area (Å²) in [6.07, 6.45) is -0.153. The van der Waals surface area contributed by atoms with E-state index < -0.39 is 12.0 Å². The Morgan fingerprint density at radius 3 is 2.83 bits per heavy atom. The molecule has 0 aliphatic heterocycles. The lowest BCUT2D eigenvalue weighted by atomic mass is 10.1. The first-order valence-electron chi connectivity index (χ1n) is 5.54. The number of nitrogens with two attached hydrogens (primary N) is 1. The van der Waals surface area contributed by atoms with Crippen LogP contribution in [0.5, 0.6) is 0 Å². The fourth-order valence-corrected chi connectivity index (χ4v) is 3.09. The first-order valence-corrected chi connectivity index (χ1v) is 6.30. The Hall–Kier alpha value is -0.810. The summed E-state index contributed by atoms with van der Waals surface area (Å²) >= 11 is 12.1. The summed E-state index contributed by atoms with van der Waals surface area (Å²) < 4.78 is 0. The van der Waals surface area contributed by atoms with Gasteiger partial charge in [-0.25, -0.2) is 0 Å². The van der Waals surface area contributed by atoms with Crippen LogP contribution in [0, 0.1) is 0 Å². The number of rotatable bonds is 3. The van der Waals surface area contributed by atoms with Gasteiger partial charge in [0.15, 0.2) is 0 Å². The molecule has 0 unspecified atom stereocenters. The normalized spacial score (nSPS) is 22.3. The predicted molar refractivity (Wildman–Crippen MR) is 70.7 cm³/mol. The van der Waals surface area contributed by atoms with Crippen molar-refractivity contribution in [1.29, 1.82) is 0 Å². The Kier molecular flexibility index (Phi) is 3.82. The van der Waals surface area contributed by atoms with Crippen molar-refractivity contribution in [3.05, 3.63) is 33.3 Å². The van der Waals surface area contributed by atoms with Gasteiger partial charge in [0.05, 0.1) is 18.7 Å². The zero-order valence-corrected chi connectivity index (χ0v) is 11.4. The largest absolute Gasteiger partial charge is 0.391 e. The number of carbonyl (C=O) groups is 1. The monoisotopic (exact) mass is 288 g/mol. The molecule has 0 fully saturated rings. The van der Waals surface area contributed by atoms with Crippen LogP contribution in [0.3, 0.4) is 0 Å². The van der Waals surface area contributed by atoms with Gasteiger partial charge in [0.2, 0.25) is 5.91 Å². The van der Waals surface area contributed by atoms with Crippen molar-refractivity contribution in [1.82, 2.24) is 4.90 Å². The van der Waals surface area contributed by atoms with Gasteiger partial charge in [0, 0.05) is 16.5 Å². The minimum Gasteiger partial charge on any atom is -0.391 e. The second kappa shape index (κ2) is 5.05. The van der Waals surface area contributed by atoms with E-state index >= 15 is 0 Å². The highest BCUT2D eigenvalue weighted by atomic mass is 35.5. The third kappa shape index (κ3) is 2.47. The standard InChI is InChI=1S/C12H14Cl2N2O2/c1-16(5-11(15)18)12-8-2-6(13)3-9(14)7(8)4-10(12)17/h2-3,10,12,17H,4-5H2,1H3,(H2,15,18)/t10-,12-/m0/s1.